The minimum atomic E-state index is -2.66. The van der Waals surface area contributed by atoms with E-state index in [9.17, 15) is 0 Å². The number of rotatable bonds is 14. The Morgan fingerprint density at radius 1 is 0.917 bits per heavy atom. The molecular formula is C37H50N8O2Si. The molecule has 5 rings (SSSR count). The van der Waals surface area contributed by atoms with Gasteiger partial charge in [0, 0.05) is 30.5 Å². The highest BCUT2D eigenvalue weighted by Crippen LogP contribution is 2.37. The molecule has 0 saturated carbocycles. The van der Waals surface area contributed by atoms with Gasteiger partial charge in [-0.1, -0.05) is 94.8 Å². The molecule has 0 amide bonds. The van der Waals surface area contributed by atoms with Crippen LogP contribution in [0.15, 0.2) is 79.1 Å². The van der Waals surface area contributed by atoms with Crippen LogP contribution >= 0.6 is 0 Å². The number of nitrogen functional groups attached to an aromatic ring is 1. The number of hydrogen-bond donors (Lipinski definition) is 3. The summed E-state index contributed by atoms with van der Waals surface area (Å²) in [7, 11) is -1.02. The van der Waals surface area contributed by atoms with E-state index in [4.69, 9.17) is 20.6 Å². The third-order valence-electron chi connectivity index (χ3n) is 8.83. The molecule has 0 aliphatic rings. The summed E-state index contributed by atoms with van der Waals surface area (Å²) < 4.78 is 14.8. The Morgan fingerprint density at radius 3 is 2.12 bits per heavy atom. The van der Waals surface area contributed by atoms with Gasteiger partial charge in [0.15, 0.2) is 5.82 Å². The molecule has 3 heterocycles. The molecule has 0 fully saturated rings. The monoisotopic (exact) mass is 666 g/mol. The summed E-state index contributed by atoms with van der Waals surface area (Å²) in [4.78, 5) is 13.8. The quantitative estimate of drug-likeness (QED) is 0.129. The van der Waals surface area contributed by atoms with E-state index in [1.807, 2.05) is 24.6 Å². The Morgan fingerprint density at radius 2 is 1.56 bits per heavy atom. The molecule has 254 valence electrons. The van der Waals surface area contributed by atoms with Gasteiger partial charge in [-0.2, -0.15) is 10.1 Å². The predicted molar refractivity (Wildman–Crippen MR) is 197 cm³/mol. The molecule has 0 unspecified atom stereocenters. The SMILES string of the molecule is CCC[C@@H](CCO[Si](c1ccccc1)(c1ccccc1)C(C)(C)C)Nc1nc(N)nc2cnn(Cc3cnc(C(C)(C)N)cc3OC)c12. The standard InChI is InChI=1S/C37H50N8O2Si/c1-8-15-27(20-21-47-48(36(2,3)4,28-16-11-9-12-17-28)29-18-13-10-14-19-29)42-34-33-30(43-35(38)44-34)24-41-45(33)25-26-23-40-32(37(5,6)39)22-31(26)46-7/h9-14,16-19,22-24,27H,8,15,20-21,25,39H2,1-7H3,(H3,38,42,43,44)/t27-/m0/s1. The van der Waals surface area contributed by atoms with Crippen LogP contribution in [0.1, 0.15) is 72.1 Å². The van der Waals surface area contributed by atoms with Gasteiger partial charge in [0.05, 0.1) is 31.1 Å². The van der Waals surface area contributed by atoms with Crippen molar-refractivity contribution in [1.82, 2.24) is 24.7 Å². The van der Waals surface area contributed by atoms with Gasteiger partial charge in [-0.05, 0) is 42.1 Å². The van der Waals surface area contributed by atoms with Gasteiger partial charge in [0.25, 0.3) is 8.32 Å². The van der Waals surface area contributed by atoms with Crippen LogP contribution in [-0.2, 0) is 16.5 Å². The molecule has 3 aromatic heterocycles. The van der Waals surface area contributed by atoms with E-state index in [0.29, 0.717) is 30.2 Å². The first-order valence-electron chi connectivity index (χ1n) is 16.7. The Bertz CT molecular complexity index is 1760. The molecule has 0 bridgehead atoms. The van der Waals surface area contributed by atoms with Crippen LogP contribution in [0.4, 0.5) is 11.8 Å². The molecule has 0 saturated heterocycles. The van der Waals surface area contributed by atoms with E-state index >= 15 is 0 Å². The minimum absolute atomic E-state index is 0.0799. The van der Waals surface area contributed by atoms with Crippen molar-refractivity contribution in [2.75, 3.05) is 24.8 Å². The summed E-state index contributed by atoms with van der Waals surface area (Å²) in [5.41, 5.74) is 15.0. The van der Waals surface area contributed by atoms with Gasteiger partial charge in [-0.25, -0.2) is 4.98 Å². The molecule has 11 heteroatoms. The van der Waals surface area contributed by atoms with Crippen molar-refractivity contribution in [3.63, 3.8) is 0 Å². The van der Waals surface area contributed by atoms with Crippen LogP contribution in [0.2, 0.25) is 5.04 Å². The zero-order valence-corrected chi connectivity index (χ0v) is 30.3. The second-order valence-electron chi connectivity index (χ2n) is 14.0. The number of ether oxygens (including phenoxy) is 1. The lowest BCUT2D eigenvalue weighted by atomic mass is 10.0. The Balaban J connectivity index is 1.44. The zero-order chi connectivity index (χ0) is 34.5. The van der Waals surface area contributed by atoms with Crippen molar-refractivity contribution in [2.24, 2.45) is 5.73 Å². The summed E-state index contributed by atoms with van der Waals surface area (Å²) >= 11 is 0. The van der Waals surface area contributed by atoms with E-state index in [0.717, 1.165) is 36.0 Å². The smallest absolute Gasteiger partial charge is 0.261 e. The normalized spacial score (nSPS) is 13.1. The summed E-state index contributed by atoms with van der Waals surface area (Å²) in [5, 5.41) is 10.8. The average Bonchev–Trinajstić information content (AvgIpc) is 3.45. The van der Waals surface area contributed by atoms with Gasteiger partial charge in [-0.3, -0.25) is 9.67 Å². The average molecular weight is 667 g/mol. The number of nitrogens with one attached hydrogen (secondary N) is 1. The van der Waals surface area contributed by atoms with E-state index in [1.165, 1.54) is 10.4 Å². The first-order chi connectivity index (χ1) is 22.9. The van der Waals surface area contributed by atoms with Gasteiger partial charge in [-0.15, -0.1) is 0 Å². The number of hydrogen-bond acceptors (Lipinski definition) is 9. The van der Waals surface area contributed by atoms with E-state index in [-0.39, 0.29) is 17.0 Å². The fraction of sp³-hybridized carbons (Fsp3) is 0.405. The molecule has 0 aliphatic carbocycles. The third-order valence-corrected chi connectivity index (χ3v) is 13.9. The highest BCUT2D eigenvalue weighted by molar-refractivity contribution is 6.99. The molecule has 1 atom stereocenters. The fourth-order valence-corrected chi connectivity index (χ4v) is 11.1. The van der Waals surface area contributed by atoms with E-state index in [1.54, 1.807) is 19.5 Å². The van der Waals surface area contributed by atoms with E-state index < -0.39 is 13.9 Å². The third kappa shape index (κ3) is 7.38. The number of fused-ring (bicyclic) bond motifs is 1. The maximum atomic E-state index is 7.23. The highest BCUT2D eigenvalue weighted by Gasteiger charge is 2.50. The van der Waals surface area contributed by atoms with Gasteiger partial charge >= 0.3 is 0 Å². The number of nitrogens with two attached hydrogens (primary N) is 2. The van der Waals surface area contributed by atoms with Crippen LogP contribution in [0.25, 0.3) is 11.0 Å². The second-order valence-corrected chi connectivity index (χ2v) is 18.3. The van der Waals surface area contributed by atoms with Crippen molar-refractivity contribution in [1.29, 1.82) is 0 Å². The maximum Gasteiger partial charge on any atom is 0.261 e. The fourth-order valence-electron chi connectivity index (χ4n) is 6.47. The van der Waals surface area contributed by atoms with Crippen LogP contribution in [-0.4, -0.2) is 52.8 Å². The Labute approximate surface area is 285 Å². The number of anilines is 2. The van der Waals surface area contributed by atoms with E-state index in [2.05, 4.69) is 114 Å². The van der Waals surface area contributed by atoms with Crippen LogP contribution in [0, 0.1) is 0 Å². The van der Waals surface area contributed by atoms with Crippen LogP contribution < -0.4 is 31.9 Å². The van der Waals surface area contributed by atoms with Crippen molar-refractivity contribution in [3.05, 3.63) is 90.4 Å². The first-order valence-corrected chi connectivity index (χ1v) is 18.6. The molecule has 5 aromatic rings. The van der Waals surface area contributed by atoms with Gasteiger partial charge in [0.2, 0.25) is 5.95 Å². The maximum absolute atomic E-state index is 7.23. The van der Waals surface area contributed by atoms with Crippen molar-refractivity contribution < 1.29 is 9.16 Å². The number of pyridine rings is 1. The zero-order valence-electron chi connectivity index (χ0n) is 29.3. The molecule has 10 nitrogen and oxygen atoms in total. The van der Waals surface area contributed by atoms with Crippen LogP contribution in [0.5, 0.6) is 5.75 Å². The molecule has 5 N–H and O–H groups in total. The summed E-state index contributed by atoms with van der Waals surface area (Å²) in [5.74, 6) is 1.53. The number of benzene rings is 2. The summed E-state index contributed by atoms with van der Waals surface area (Å²) in [6, 6.07) is 23.5. The predicted octanol–water partition coefficient (Wildman–Crippen LogP) is 5.60. The lowest BCUT2D eigenvalue weighted by molar-refractivity contribution is 0.281. The molecule has 48 heavy (non-hydrogen) atoms. The molecule has 0 aliphatic heterocycles. The molecule has 2 aromatic carbocycles. The topological polar surface area (TPSA) is 139 Å². The largest absolute Gasteiger partial charge is 0.496 e. The summed E-state index contributed by atoms with van der Waals surface area (Å²) in [6.07, 6.45) is 6.22. The van der Waals surface area contributed by atoms with Gasteiger partial charge < -0.3 is 25.9 Å². The highest BCUT2D eigenvalue weighted by atomic mass is 28.4. The summed E-state index contributed by atoms with van der Waals surface area (Å²) in [6.45, 7) is 13.9. The molecule has 0 radical (unpaired) electrons. The van der Waals surface area contributed by atoms with Crippen molar-refractivity contribution >= 4 is 41.5 Å². The lowest BCUT2D eigenvalue weighted by Gasteiger charge is -2.43. The Hall–Kier alpha value is -4.32. The number of methoxy groups -OCH3 is 1. The minimum Gasteiger partial charge on any atom is -0.496 e. The number of aromatic nitrogens is 5. The first kappa shape index (κ1) is 35.0. The Kier molecular flexibility index (Phi) is 10.5. The lowest BCUT2D eigenvalue weighted by Crippen LogP contribution is -2.66. The van der Waals surface area contributed by atoms with Crippen LogP contribution in [0.3, 0.4) is 0 Å². The van der Waals surface area contributed by atoms with Crippen molar-refractivity contribution in [3.8, 4) is 5.75 Å². The number of nitrogens with zero attached hydrogens (tertiary/aromatic N) is 5. The second kappa shape index (κ2) is 14.4. The van der Waals surface area contributed by atoms with Gasteiger partial charge in [0.1, 0.15) is 16.8 Å². The van der Waals surface area contributed by atoms with Crippen molar-refractivity contribution in [2.45, 2.75) is 84.0 Å². The molecule has 0 spiro atoms. The molecular weight excluding hydrogens is 617 g/mol.